The molecule has 3 saturated heterocycles. The molecule has 0 aromatic heterocycles. The van der Waals surface area contributed by atoms with Gasteiger partial charge < -0.3 is 9.64 Å². The minimum absolute atomic E-state index is 0.418. The predicted molar refractivity (Wildman–Crippen MR) is 82.0 cm³/mol. The Morgan fingerprint density at radius 3 is 2.53 bits per heavy atom. The molecule has 4 heteroatoms. The smallest absolute Gasteiger partial charge is 0.0472 e. The van der Waals surface area contributed by atoms with E-state index in [2.05, 4.69) is 22.4 Å². The molecule has 3 heterocycles. The van der Waals surface area contributed by atoms with E-state index >= 15 is 0 Å². The largest absolute Gasteiger partial charge is 0.381 e. The standard InChI is InChI=1S/C15H28N2OS/c19-13-15(4-9-18-10-5-15)12-16-8-3-14(11-16)17-6-1-2-7-17/h14,19H,1-13H2. The number of hydrogen-bond acceptors (Lipinski definition) is 4. The zero-order valence-electron chi connectivity index (χ0n) is 12.0. The molecule has 3 nitrogen and oxygen atoms in total. The maximum atomic E-state index is 5.53. The lowest BCUT2D eigenvalue weighted by atomic mass is 9.81. The van der Waals surface area contributed by atoms with Gasteiger partial charge in [0, 0.05) is 32.3 Å². The molecule has 0 saturated carbocycles. The fourth-order valence-electron chi connectivity index (χ4n) is 4.01. The van der Waals surface area contributed by atoms with Crippen molar-refractivity contribution in [3.05, 3.63) is 0 Å². The van der Waals surface area contributed by atoms with Crippen LogP contribution in [0.2, 0.25) is 0 Å². The molecule has 0 bridgehead atoms. The Bertz CT molecular complexity index is 288. The fourth-order valence-corrected chi connectivity index (χ4v) is 4.42. The summed E-state index contributed by atoms with van der Waals surface area (Å²) in [6, 6.07) is 0.833. The van der Waals surface area contributed by atoms with Crippen LogP contribution >= 0.6 is 12.6 Å². The van der Waals surface area contributed by atoms with Crippen molar-refractivity contribution in [3.63, 3.8) is 0 Å². The molecule has 0 N–H and O–H groups in total. The fraction of sp³-hybridized carbons (Fsp3) is 1.00. The Labute approximate surface area is 123 Å². The maximum absolute atomic E-state index is 5.53. The summed E-state index contributed by atoms with van der Waals surface area (Å²) < 4.78 is 5.53. The number of rotatable bonds is 4. The second kappa shape index (κ2) is 6.33. The van der Waals surface area contributed by atoms with Crippen molar-refractivity contribution >= 4 is 12.6 Å². The van der Waals surface area contributed by atoms with E-state index in [1.807, 2.05) is 0 Å². The van der Waals surface area contributed by atoms with Crippen molar-refractivity contribution in [1.82, 2.24) is 9.80 Å². The number of hydrogen-bond donors (Lipinski definition) is 1. The summed E-state index contributed by atoms with van der Waals surface area (Å²) in [6.45, 7) is 8.36. The second-order valence-corrected chi connectivity index (χ2v) is 7.01. The van der Waals surface area contributed by atoms with Crippen LogP contribution in [0.3, 0.4) is 0 Å². The van der Waals surface area contributed by atoms with Gasteiger partial charge in [0.05, 0.1) is 0 Å². The first-order valence-corrected chi connectivity index (χ1v) is 8.60. The quantitative estimate of drug-likeness (QED) is 0.794. The van der Waals surface area contributed by atoms with Crippen LogP contribution in [0.4, 0.5) is 0 Å². The molecule has 3 fully saturated rings. The van der Waals surface area contributed by atoms with Crippen molar-refractivity contribution in [2.75, 3.05) is 51.7 Å². The first-order valence-electron chi connectivity index (χ1n) is 7.96. The van der Waals surface area contributed by atoms with Crippen LogP contribution in [0.1, 0.15) is 32.1 Å². The van der Waals surface area contributed by atoms with E-state index in [-0.39, 0.29) is 0 Å². The SMILES string of the molecule is SCC1(CN2CCC(N3CCCC3)C2)CCOCC1. The highest BCUT2D eigenvalue weighted by Gasteiger charge is 2.36. The van der Waals surface area contributed by atoms with Crippen molar-refractivity contribution in [2.24, 2.45) is 5.41 Å². The monoisotopic (exact) mass is 284 g/mol. The first-order chi connectivity index (χ1) is 9.31. The zero-order valence-corrected chi connectivity index (χ0v) is 12.9. The molecular formula is C15H28N2OS. The van der Waals surface area contributed by atoms with Crippen LogP contribution in [-0.2, 0) is 4.74 Å². The van der Waals surface area contributed by atoms with E-state index < -0.39 is 0 Å². The zero-order chi connectivity index (χ0) is 13.1. The van der Waals surface area contributed by atoms with E-state index in [9.17, 15) is 0 Å². The van der Waals surface area contributed by atoms with Crippen molar-refractivity contribution in [2.45, 2.75) is 38.1 Å². The number of ether oxygens (including phenoxy) is 1. The first kappa shape index (κ1) is 14.2. The van der Waals surface area contributed by atoms with E-state index in [0.29, 0.717) is 5.41 Å². The van der Waals surface area contributed by atoms with Crippen molar-refractivity contribution < 1.29 is 4.74 Å². The van der Waals surface area contributed by atoms with Crippen LogP contribution < -0.4 is 0 Å². The van der Waals surface area contributed by atoms with Gasteiger partial charge in [0.1, 0.15) is 0 Å². The normalized spacial score (nSPS) is 33.0. The van der Waals surface area contributed by atoms with Crippen LogP contribution in [0.5, 0.6) is 0 Å². The average molecular weight is 284 g/mol. The third kappa shape index (κ3) is 3.29. The molecule has 3 rings (SSSR count). The molecule has 0 amide bonds. The third-order valence-electron chi connectivity index (χ3n) is 5.35. The van der Waals surface area contributed by atoms with Gasteiger partial charge in [0.2, 0.25) is 0 Å². The molecule has 110 valence electrons. The molecule has 0 radical (unpaired) electrons. The molecule has 1 unspecified atom stereocenters. The lowest BCUT2D eigenvalue weighted by Gasteiger charge is -2.39. The topological polar surface area (TPSA) is 15.7 Å². The summed E-state index contributed by atoms with van der Waals surface area (Å²) in [5.74, 6) is 1.02. The molecule has 0 aromatic rings. The van der Waals surface area contributed by atoms with E-state index in [1.54, 1.807) is 0 Å². The molecule has 3 aliphatic rings. The van der Waals surface area contributed by atoms with Crippen molar-refractivity contribution in [1.29, 1.82) is 0 Å². The van der Waals surface area contributed by atoms with Gasteiger partial charge in [0.15, 0.2) is 0 Å². The van der Waals surface area contributed by atoms with Gasteiger partial charge >= 0.3 is 0 Å². The van der Waals surface area contributed by atoms with Gasteiger partial charge in [-0.3, -0.25) is 4.90 Å². The summed E-state index contributed by atoms with van der Waals surface area (Å²) in [7, 11) is 0. The minimum Gasteiger partial charge on any atom is -0.381 e. The van der Waals surface area contributed by atoms with E-state index in [4.69, 9.17) is 4.74 Å². The molecular weight excluding hydrogens is 256 g/mol. The van der Waals surface area contributed by atoms with E-state index in [0.717, 1.165) is 25.0 Å². The maximum Gasteiger partial charge on any atom is 0.0472 e. The van der Waals surface area contributed by atoms with Gasteiger partial charge in [-0.2, -0.15) is 12.6 Å². The highest BCUT2D eigenvalue weighted by Crippen LogP contribution is 2.34. The second-order valence-electron chi connectivity index (χ2n) is 6.69. The van der Waals surface area contributed by atoms with Gasteiger partial charge in [-0.15, -0.1) is 0 Å². The predicted octanol–water partition coefficient (Wildman–Crippen LogP) is 1.88. The number of thiol groups is 1. The molecule has 0 spiro atoms. The lowest BCUT2D eigenvalue weighted by molar-refractivity contribution is 0.0103. The van der Waals surface area contributed by atoms with Crippen LogP contribution in [-0.4, -0.2) is 67.5 Å². The van der Waals surface area contributed by atoms with Crippen molar-refractivity contribution in [3.8, 4) is 0 Å². The molecule has 1 atom stereocenters. The Hall–Kier alpha value is 0.230. The minimum atomic E-state index is 0.418. The highest BCUT2D eigenvalue weighted by molar-refractivity contribution is 7.80. The summed E-state index contributed by atoms with van der Waals surface area (Å²) >= 11 is 4.64. The number of likely N-dealkylation sites (tertiary alicyclic amines) is 2. The van der Waals surface area contributed by atoms with Gasteiger partial charge in [-0.25, -0.2) is 0 Å². The third-order valence-corrected chi connectivity index (χ3v) is 6.02. The average Bonchev–Trinajstić information content (AvgIpc) is 3.10. The van der Waals surface area contributed by atoms with E-state index in [1.165, 1.54) is 64.8 Å². The highest BCUT2D eigenvalue weighted by atomic mass is 32.1. The molecule has 19 heavy (non-hydrogen) atoms. The van der Waals surface area contributed by atoms with Crippen LogP contribution in [0, 0.1) is 5.41 Å². The summed E-state index contributed by atoms with van der Waals surface area (Å²) in [5, 5.41) is 0. The van der Waals surface area contributed by atoms with Crippen LogP contribution in [0.15, 0.2) is 0 Å². The summed E-state index contributed by atoms with van der Waals surface area (Å²) in [5.41, 5.74) is 0.418. The summed E-state index contributed by atoms with van der Waals surface area (Å²) in [4.78, 5) is 5.42. The Morgan fingerprint density at radius 1 is 1.11 bits per heavy atom. The molecule has 3 aliphatic heterocycles. The van der Waals surface area contributed by atoms with Gasteiger partial charge in [-0.1, -0.05) is 0 Å². The lowest BCUT2D eigenvalue weighted by Crippen LogP contribution is -2.43. The molecule has 0 aliphatic carbocycles. The number of nitrogens with zero attached hydrogens (tertiary/aromatic N) is 2. The van der Waals surface area contributed by atoms with Crippen LogP contribution in [0.25, 0.3) is 0 Å². The Balaban J connectivity index is 1.52. The van der Waals surface area contributed by atoms with Gasteiger partial charge in [0.25, 0.3) is 0 Å². The van der Waals surface area contributed by atoms with Gasteiger partial charge in [-0.05, 0) is 62.9 Å². The Morgan fingerprint density at radius 2 is 1.84 bits per heavy atom. The molecule has 0 aromatic carbocycles. The Kier molecular flexibility index (Phi) is 4.73. The summed E-state index contributed by atoms with van der Waals surface area (Å²) in [6.07, 6.45) is 6.59.